The first kappa shape index (κ1) is 14.2. The quantitative estimate of drug-likeness (QED) is 0.390. The van der Waals surface area contributed by atoms with Crippen LogP contribution in [-0.2, 0) is 4.79 Å². The van der Waals surface area contributed by atoms with E-state index in [0.29, 0.717) is 11.1 Å². The molecule has 0 saturated heterocycles. The summed E-state index contributed by atoms with van der Waals surface area (Å²) in [4.78, 5) is 11.6. The van der Waals surface area contributed by atoms with Crippen LogP contribution in [-0.4, -0.2) is 16.2 Å². The summed E-state index contributed by atoms with van der Waals surface area (Å²) in [5.74, 6) is -0.842. The largest absolute Gasteiger partial charge is 0.504 e. The van der Waals surface area contributed by atoms with Gasteiger partial charge >= 0.3 is 5.97 Å². The molecule has 0 fully saturated rings. The van der Waals surface area contributed by atoms with E-state index in [0.717, 1.165) is 0 Å². The lowest BCUT2D eigenvalue weighted by atomic mass is 10.2. The van der Waals surface area contributed by atoms with Gasteiger partial charge in [-0.2, -0.15) is 5.26 Å². The minimum absolute atomic E-state index is 0.233. The van der Waals surface area contributed by atoms with Crippen molar-refractivity contribution in [2.24, 2.45) is 0 Å². The molecule has 0 atom stereocenters. The Morgan fingerprint density at radius 3 is 2.67 bits per heavy atom. The Hall–Kier alpha value is -3.26. The first-order chi connectivity index (χ1) is 10.1. The van der Waals surface area contributed by atoms with Crippen molar-refractivity contribution in [3.8, 4) is 23.3 Å². The second-order valence-electron chi connectivity index (χ2n) is 4.14. The molecule has 21 heavy (non-hydrogen) atoms. The molecule has 0 radical (unpaired) electrons. The highest BCUT2D eigenvalue weighted by Gasteiger charge is 2.02. The number of phenols is 2. The van der Waals surface area contributed by atoms with Gasteiger partial charge in [0.05, 0.1) is 11.6 Å². The highest BCUT2D eigenvalue weighted by Crippen LogP contribution is 2.25. The van der Waals surface area contributed by atoms with Crippen molar-refractivity contribution in [1.29, 1.82) is 5.26 Å². The molecule has 0 aliphatic heterocycles. The van der Waals surface area contributed by atoms with E-state index in [-0.39, 0.29) is 17.2 Å². The zero-order valence-corrected chi connectivity index (χ0v) is 10.9. The van der Waals surface area contributed by atoms with Crippen LogP contribution >= 0.6 is 0 Å². The van der Waals surface area contributed by atoms with Crippen LogP contribution in [0, 0.1) is 11.3 Å². The third-order valence-corrected chi connectivity index (χ3v) is 2.59. The van der Waals surface area contributed by atoms with E-state index in [1.165, 1.54) is 36.4 Å². The van der Waals surface area contributed by atoms with Crippen molar-refractivity contribution in [1.82, 2.24) is 0 Å². The lowest BCUT2D eigenvalue weighted by molar-refractivity contribution is -0.128. The summed E-state index contributed by atoms with van der Waals surface area (Å²) in [6, 6.07) is 12.4. The molecule has 2 N–H and O–H groups in total. The number of benzene rings is 2. The van der Waals surface area contributed by atoms with Crippen LogP contribution < -0.4 is 4.74 Å². The maximum Gasteiger partial charge on any atom is 0.336 e. The van der Waals surface area contributed by atoms with Gasteiger partial charge in [0.15, 0.2) is 11.5 Å². The van der Waals surface area contributed by atoms with Crippen molar-refractivity contribution in [3.05, 3.63) is 59.7 Å². The number of ether oxygens (including phenoxy) is 1. The second-order valence-corrected chi connectivity index (χ2v) is 4.14. The number of rotatable bonds is 3. The minimum Gasteiger partial charge on any atom is -0.504 e. The van der Waals surface area contributed by atoms with Gasteiger partial charge in [0.25, 0.3) is 0 Å². The lowest BCUT2D eigenvalue weighted by Gasteiger charge is -2.01. The van der Waals surface area contributed by atoms with Gasteiger partial charge in [0.2, 0.25) is 0 Å². The van der Waals surface area contributed by atoms with Crippen LogP contribution in [0.2, 0.25) is 0 Å². The second kappa shape index (κ2) is 6.26. The SMILES string of the molecule is N#Cc1cccc(OC(=O)/C=C/c2ccc(O)c(O)c2)c1. The Bertz CT molecular complexity index is 744. The molecule has 0 bridgehead atoms. The fraction of sp³-hybridized carbons (Fsp3) is 0. The Kier molecular flexibility index (Phi) is 4.22. The van der Waals surface area contributed by atoms with Crippen molar-refractivity contribution in [3.63, 3.8) is 0 Å². The first-order valence-corrected chi connectivity index (χ1v) is 6.00. The summed E-state index contributed by atoms with van der Waals surface area (Å²) in [5, 5.41) is 27.2. The van der Waals surface area contributed by atoms with Gasteiger partial charge in [-0.25, -0.2) is 4.79 Å². The third kappa shape index (κ3) is 3.85. The molecule has 0 unspecified atom stereocenters. The van der Waals surface area contributed by atoms with Crippen LogP contribution in [0.5, 0.6) is 17.2 Å². The minimum atomic E-state index is -0.613. The van der Waals surface area contributed by atoms with Crippen molar-refractivity contribution in [2.45, 2.75) is 0 Å². The van der Waals surface area contributed by atoms with E-state index in [9.17, 15) is 15.0 Å². The van der Waals surface area contributed by atoms with Gasteiger partial charge in [-0.3, -0.25) is 0 Å². The molecule has 5 nitrogen and oxygen atoms in total. The van der Waals surface area contributed by atoms with Crippen molar-refractivity contribution >= 4 is 12.0 Å². The molecule has 2 aromatic rings. The smallest absolute Gasteiger partial charge is 0.336 e. The predicted molar refractivity (Wildman–Crippen MR) is 75.6 cm³/mol. The van der Waals surface area contributed by atoms with E-state index < -0.39 is 5.97 Å². The van der Waals surface area contributed by atoms with Crippen molar-refractivity contribution < 1.29 is 19.7 Å². The number of hydrogen-bond donors (Lipinski definition) is 2. The van der Waals surface area contributed by atoms with Gasteiger partial charge in [-0.05, 0) is 42.0 Å². The molecule has 2 aromatic carbocycles. The predicted octanol–water partition coefficient (Wildman–Crippen LogP) is 2.59. The molecule has 0 saturated carbocycles. The van der Waals surface area contributed by atoms with Crippen LogP contribution in [0.3, 0.4) is 0 Å². The molecule has 0 amide bonds. The standard InChI is InChI=1S/C16H11NO4/c17-10-12-2-1-3-13(8-12)21-16(20)7-5-11-4-6-14(18)15(19)9-11/h1-9,18-19H/b7-5+. The number of carbonyl (C=O) groups is 1. The topological polar surface area (TPSA) is 90.5 Å². The Morgan fingerprint density at radius 1 is 1.14 bits per heavy atom. The average molecular weight is 281 g/mol. The number of carbonyl (C=O) groups excluding carboxylic acids is 1. The van der Waals surface area contributed by atoms with E-state index in [1.54, 1.807) is 18.2 Å². The Balaban J connectivity index is 2.05. The molecule has 104 valence electrons. The summed E-state index contributed by atoms with van der Waals surface area (Å²) in [6.07, 6.45) is 2.63. The molecule has 0 spiro atoms. The number of hydrogen-bond acceptors (Lipinski definition) is 5. The monoisotopic (exact) mass is 281 g/mol. The van der Waals surface area contributed by atoms with E-state index in [1.807, 2.05) is 6.07 Å². The van der Waals surface area contributed by atoms with Gasteiger partial charge < -0.3 is 14.9 Å². The Morgan fingerprint density at radius 2 is 1.95 bits per heavy atom. The molecule has 2 rings (SSSR count). The van der Waals surface area contributed by atoms with E-state index >= 15 is 0 Å². The van der Waals surface area contributed by atoms with Gasteiger partial charge in [-0.1, -0.05) is 12.1 Å². The van der Waals surface area contributed by atoms with E-state index in [4.69, 9.17) is 10.00 Å². The maximum absolute atomic E-state index is 11.6. The molecule has 0 aliphatic carbocycles. The normalized spacial score (nSPS) is 10.2. The first-order valence-electron chi connectivity index (χ1n) is 6.00. The molecule has 5 heteroatoms. The molecular formula is C16H11NO4. The summed E-state index contributed by atoms with van der Waals surface area (Å²) >= 11 is 0. The highest BCUT2D eigenvalue weighted by atomic mass is 16.5. The fourth-order valence-corrected chi connectivity index (χ4v) is 1.59. The highest BCUT2D eigenvalue weighted by molar-refractivity contribution is 5.88. The average Bonchev–Trinajstić information content (AvgIpc) is 2.48. The summed E-state index contributed by atoms with van der Waals surface area (Å²) in [6.45, 7) is 0. The number of aromatic hydroxyl groups is 2. The molecule has 0 aliphatic rings. The summed E-state index contributed by atoms with van der Waals surface area (Å²) < 4.78 is 5.04. The molecule has 0 aromatic heterocycles. The Labute approximate surface area is 121 Å². The van der Waals surface area contributed by atoms with Gasteiger partial charge in [0.1, 0.15) is 5.75 Å². The van der Waals surface area contributed by atoms with E-state index in [2.05, 4.69) is 0 Å². The number of nitriles is 1. The number of nitrogens with zero attached hydrogens (tertiary/aromatic N) is 1. The van der Waals surface area contributed by atoms with Gasteiger partial charge in [-0.15, -0.1) is 0 Å². The summed E-state index contributed by atoms with van der Waals surface area (Å²) in [7, 11) is 0. The number of phenolic OH excluding ortho intramolecular Hbond substituents is 2. The van der Waals surface area contributed by atoms with Crippen LogP contribution in [0.25, 0.3) is 6.08 Å². The zero-order valence-electron chi connectivity index (χ0n) is 10.9. The molecule has 0 heterocycles. The zero-order chi connectivity index (χ0) is 15.2. The van der Waals surface area contributed by atoms with Crippen LogP contribution in [0.15, 0.2) is 48.5 Å². The summed E-state index contributed by atoms with van der Waals surface area (Å²) in [5.41, 5.74) is 0.931. The lowest BCUT2D eigenvalue weighted by Crippen LogP contribution is -2.03. The van der Waals surface area contributed by atoms with Crippen LogP contribution in [0.4, 0.5) is 0 Å². The fourth-order valence-electron chi connectivity index (χ4n) is 1.59. The molecular weight excluding hydrogens is 270 g/mol. The van der Waals surface area contributed by atoms with Crippen molar-refractivity contribution in [2.75, 3.05) is 0 Å². The third-order valence-electron chi connectivity index (χ3n) is 2.59. The van der Waals surface area contributed by atoms with Gasteiger partial charge in [0, 0.05) is 6.08 Å². The maximum atomic E-state index is 11.6. The van der Waals surface area contributed by atoms with Crippen LogP contribution in [0.1, 0.15) is 11.1 Å². The number of esters is 1.